The third-order valence-corrected chi connectivity index (χ3v) is 5.05. The number of fused-ring (bicyclic) bond motifs is 1. The van der Waals surface area contributed by atoms with E-state index in [9.17, 15) is 0 Å². The predicted octanol–water partition coefficient (Wildman–Crippen LogP) is 3.92. The standard InChI is InChI=1S/C22H21N3O3/c23-21-19-18(15-7-3-1-4-8-15)20(16-9-5-2-6-10-16)28-22(19)24-14-25(21)13-17-26-11-12-27-17/h1-10,14,17,21H,11-13,23H2. The van der Waals surface area contributed by atoms with Gasteiger partial charge in [0.05, 0.1) is 31.7 Å². The molecule has 1 aromatic heterocycles. The molecule has 0 bridgehead atoms. The lowest BCUT2D eigenvalue weighted by molar-refractivity contribution is -0.0561. The van der Waals surface area contributed by atoms with Crippen LogP contribution in [0.4, 0.5) is 5.88 Å². The minimum atomic E-state index is -0.406. The van der Waals surface area contributed by atoms with Gasteiger partial charge in [-0.15, -0.1) is 0 Å². The lowest BCUT2D eigenvalue weighted by atomic mass is 9.96. The summed E-state index contributed by atoms with van der Waals surface area (Å²) >= 11 is 0. The molecule has 2 N–H and O–H groups in total. The zero-order chi connectivity index (χ0) is 18.9. The summed E-state index contributed by atoms with van der Waals surface area (Å²) in [5.74, 6) is 1.33. The van der Waals surface area contributed by atoms with Crippen molar-refractivity contribution < 1.29 is 13.9 Å². The number of nitrogens with two attached hydrogens (primary N) is 1. The van der Waals surface area contributed by atoms with Crippen LogP contribution in [0.3, 0.4) is 0 Å². The molecule has 28 heavy (non-hydrogen) atoms. The van der Waals surface area contributed by atoms with E-state index >= 15 is 0 Å². The molecule has 1 fully saturated rings. The van der Waals surface area contributed by atoms with Gasteiger partial charge in [0.15, 0.2) is 6.29 Å². The van der Waals surface area contributed by atoms with Crippen LogP contribution >= 0.6 is 0 Å². The lowest BCUT2D eigenvalue weighted by Gasteiger charge is -2.31. The van der Waals surface area contributed by atoms with E-state index in [2.05, 4.69) is 17.1 Å². The van der Waals surface area contributed by atoms with Crippen molar-refractivity contribution in [2.24, 2.45) is 10.7 Å². The van der Waals surface area contributed by atoms with Crippen molar-refractivity contribution in [3.8, 4) is 22.5 Å². The van der Waals surface area contributed by atoms with E-state index in [1.54, 1.807) is 6.34 Å². The zero-order valence-corrected chi connectivity index (χ0v) is 15.3. The van der Waals surface area contributed by atoms with E-state index in [-0.39, 0.29) is 6.29 Å². The summed E-state index contributed by atoms with van der Waals surface area (Å²) in [6.45, 7) is 1.73. The number of ether oxygens (including phenoxy) is 2. The SMILES string of the molecule is NC1c2c(oc(-c3ccccc3)c2-c2ccccc2)N=CN1CC1OCCO1. The molecule has 3 aromatic rings. The van der Waals surface area contributed by atoms with Crippen molar-refractivity contribution in [3.05, 3.63) is 66.2 Å². The summed E-state index contributed by atoms with van der Waals surface area (Å²) in [4.78, 5) is 6.48. The molecule has 2 aliphatic rings. The van der Waals surface area contributed by atoms with Crippen LogP contribution in [0.5, 0.6) is 0 Å². The Hall–Kier alpha value is -2.93. The van der Waals surface area contributed by atoms with Gasteiger partial charge in [-0.25, -0.2) is 4.99 Å². The Bertz CT molecular complexity index is 979. The second-order valence-electron chi connectivity index (χ2n) is 6.81. The predicted molar refractivity (Wildman–Crippen MR) is 107 cm³/mol. The van der Waals surface area contributed by atoms with Crippen LogP contribution in [0.25, 0.3) is 22.5 Å². The summed E-state index contributed by atoms with van der Waals surface area (Å²) in [6.07, 6.45) is 1.02. The van der Waals surface area contributed by atoms with Gasteiger partial charge in [-0.05, 0) is 5.56 Å². The summed E-state index contributed by atoms with van der Waals surface area (Å²) < 4.78 is 17.4. The van der Waals surface area contributed by atoms with Gasteiger partial charge in [-0.3, -0.25) is 0 Å². The Morgan fingerprint density at radius 2 is 1.57 bits per heavy atom. The smallest absolute Gasteiger partial charge is 0.228 e. The summed E-state index contributed by atoms with van der Waals surface area (Å²) in [6, 6.07) is 20.2. The summed E-state index contributed by atoms with van der Waals surface area (Å²) in [5.41, 5.74) is 10.6. The van der Waals surface area contributed by atoms with Gasteiger partial charge in [-0.1, -0.05) is 60.7 Å². The maximum atomic E-state index is 6.66. The maximum absolute atomic E-state index is 6.66. The Labute approximate surface area is 163 Å². The van der Waals surface area contributed by atoms with E-state index in [1.165, 1.54) is 0 Å². The quantitative estimate of drug-likeness (QED) is 0.748. The van der Waals surface area contributed by atoms with Gasteiger partial charge in [0.25, 0.3) is 0 Å². The molecule has 0 saturated carbocycles. The van der Waals surface area contributed by atoms with Crippen LogP contribution in [-0.4, -0.2) is 37.3 Å². The van der Waals surface area contributed by atoms with Crippen molar-refractivity contribution >= 4 is 12.2 Å². The van der Waals surface area contributed by atoms with Crippen LogP contribution in [0, 0.1) is 0 Å². The second kappa shape index (κ2) is 7.24. The molecule has 2 aromatic carbocycles. The van der Waals surface area contributed by atoms with Crippen molar-refractivity contribution in [3.63, 3.8) is 0 Å². The van der Waals surface area contributed by atoms with E-state index < -0.39 is 6.17 Å². The highest BCUT2D eigenvalue weighted by molar-refractivity contribution is 5.87. The molecule has 0 spiro atoms. The number of hydrogen-bond acceptors (Lipinski definition) is 6. The minimum absolute atomic E-state index is 0.292. The topological polar surface area (TPSA) is 73.2 Å². The van der Waals surface area contributed by atoms with Crippen molar-refractivity contribution in [2.75, 3.05) is 19.8 Å². The first-order chi connectivity index (χ1) is 13.8. The molecule has 5 rings (SSSR count). The number of furan rings is 1. The summed E-state index contributed by atoms with van der Waals surface area (Å²) in [5, 5.41) is 0. The van der Waals surface area contributed by atoms with Crippen molar-refractivity contribution in [1.82, 2.24) is 4.90 Å². The average Bonchev–Trinajstić information content (AvgIpc) is 3.39. The van der Waals surface area contributed by atoms with Crippen LogP contribution in [-0.2, 0) is 9.47 Å². The lowest BCUT2D eigenvalue weighted by Crippen LogP contribution is -2.40. The highest BCUT2D eigenvalue weighted by atomic mass is 16.7. The fraction of sp³-hybridized carbons (Fsp3) is 0.227. The van der Waals surface area contributed by atoms with Crippen LogP contribution in [0.15, 0.2) is 70.1 Å². The Kier molecular flexibility index (Phi) is 4.44. The van der Waals surface area contributed by atoms with E-state index in [1.807, 2.05) is 53.4 Å². The first kappa shape index (κ1) is 17.2. The zero-order valence-electron chi connectivity index (χ0n) is 15.3. The van der Waals surface area contributed by atoms with Gasteiger partial charge in [0.1, 0.15) is 11.9 Å². The third-order valence-electron chi connectivity index (χ3n) is 5.05. The first-order valence-corrected chi connectivity index (χ1v) is 9.37. The molecule has 3 heterocycles. The Balaban J connectivity index is 1.61. The minimum Gasteiger partial charge on any atom is -0.437 e. The molecule has 0 amide bonds. The Morgan fingerprint density at radius 3 is 2.25 bits per heavy atom. The first-order valence-electron chi connectivity index (χ1n) is 9.37. The van der Waals surface area contributed by atoms with Crippen LogP contribution in [0.2, 0.25) is 0 Å². The normalized spacial score (nSPS) is 19.2. The van der Waals surface area contributed by atoms with E-state index in [0.717, 1.165) is 28.0 Å². The van der Waals surface area contributed by atoms with Crippen molar-refractivity contribution in [2.45, 2.75) is 12.5 Å². The van der Waals surface area contributed by atoms with Gasteiger partial charge in [0, 0.05) is 11.1 Å². The molecule has 1 atom stereocenters. The van der Waals surface area contributed by atoms with E-state index in [4.69, 9.17) is 19.6 Å². The molecular weight excluding hydrogens is 354 g/mol. The number of hydrogen-bond donors (Lipinski definition) is 1. The van der Waals surface area contributed by atoms with Gasteiger partial charge >= 0.3 is 0 Å². The third kappa shape index (κ3) is 3.01. The molecule has 1 saturated heterocycles. The highest BCUT2D eigenvalue weighted by Gasteiger charge is 2.33. The number of aliphatic imine (C=N–C) groups is 1. The maximum Gasteiger partial charge on any atom is 0.228 e. The molecule has 0 radical (unpaired) electrons. The van der Waals surface area contributed by atoms with Crippen LogP contribution < -0.4 is 5.73 Å². The molecule has 2 aliphatic heterocycles. The number of benzene rings is 2. The molecule has 6 nitrogen and oxygen atoms in total. The molecule has 6 heteroatoms. The number of rotatable bonds is 4. The Morgan fingerprint density at radius 1 is 0.929 bits per heavy atom. The average molecular weight is 375 g/mol. The fourth-order valence-corrected chi connectivity index (χ4v) is 3.70. The van der Waals surface area contributed by atoms with E-state index in [0.29, 0.717) is 25.6 Å². The number of nitrogens with zero attached hydrogens (tertiary/aromatic N) is 2. The highest BCUT2D eigenvalue weighted by Crippen LogP contribution is 2.47. The summed E-state index contributed by atoms with van der Waals surface area (Å²) in [7, 11) is 0. The monoisotopic (exact) mass is 375 g/mol. The van der Waals surface area contributed by atoms with Crippen LogP contribution in [0.1, 0.15) is 11.7 Å². The fourth-order valence-electron chi connectivity index (χ4n) is 3.70. The molecule has 0 aliphatic carbocycles. The molecular formula is C22H21N3O3. The van der Waals surface area contributed by atoms with Gasteiger partial charge < -0.3 is 24.5 Å². The second-order valence-corrected chi connectivity index (χ2v) is 6.81. The van der Waals surface area contributed by atoms with Gasteiger partial charge in [-0.2, -0.15) is 0 Å². The van der Waals surface area contributed by atoms with Crippen molar-refractivity contribution in [1.29, 1.82) is 0 Å². The molecule has 142 valence electrons. The van der Waals surface area contributed by atoms with Gasteiger partial charge in [0.2, 0.25) is 5.88 Å². The molecule has 1 unspecified atom stereocenters. The largest absolute Gasteiger partial charge is 0.437 e.